The molecule has 0 bridgehead atoms. The zero-order chi connectivity index (χ0) is 30.0. The van der Waals surface area contributed by atoms with E-state index in [0.29, 0.717) is 12.8 Å². The molecule has 2 N–H and O–H groups in total. The Labute approximate surface area is 254 Å². The molecule has 0 radical (unpaired) electrons. The third-order valence-electron chi connectivity index (χ3n) is 8.61. The van der Waals surface area contributed by atoms with Crippen LogP contribution in [0.4, 0.5) is 0 Å². The van der Waals surface area contributed by atoms with Gasteiger partial charge in [-0.3, -0.25) is 4.79 Å². The van der Waals surface area contributed by atoms with Crippen LogP contribution in [0.15, 0.2) is 54.6 Å². The molecule has 2 aromatic carbocycles. The fourth-order valence-electron chi connectivity index (χ4n) is 6.21. The van der Waals surface area contributed by atoms with Gasteiger partial charge in [0.2, 0.25) is 5.91 Å². The number of nitrogens with one attached hydrogen (secondary N) is 1. The third kappa shape index (κ3) is 11.0. The summed E-state index contributed by atoms with van der Waals surface area (Å²) in [6.45, 7) is 2.27. The van der Waals surface area contributed by atoms with Crippen LogP contribution in [0.1, 0.15) is 144 Å². The summed E-state index contributed by atoms with van der Waals surface area (Å²) >= 11 is 0. The van der Waals surface area contributed by atoms with Crippen LogP contribution in [-0.4, -0.2) is 21.6 Å². The largest absolute Gasteiger partial charge is 0.477 e. The van der Waals surface area contributed by atoms with Crippen molar-refractivity contribution in [1.82, 2.24) is 9.88 Å². The molecule has 0 fully saturated rings. The number of carbonyl (C=O) groups excluding carboxylic acids is 1. The van der Waals surface area contributed by atoms with Crippen LogP contribution in [0, 0.1) is 0 Å². The summed E-state index contributed by atoms with van der Waals surface area (Å²) in [4.78, 5) is 25.5. The first-order chi connectivity index (χ1) is 20.5. The molecular weight excluding hydrogens is 520 g/mol. The van der Waals surface area contributed by atoms with Crippen molar-refractivity contribution in [2.45, 2.75) is 129 Å². The molecule has 1 aromatic heterocycles. The van der Waals surface area contributed by atoms with E-state index in [-0.39, 0.29) is 17.6 Å². The Hall–Kier alpha value is -3.08. The minimum Gasteiger partial charge on any atom is -0.477 e. The van der Waals surface area contributed by atoms with E-state index in [1.54, 1.807) is 11.6 Å². The summed E-state index contributed by atoms with van der Waals surface area (Å²) in [6, 6.07) is 17.5. The van der Waals surface area contributed by atoms with Crippen LogP contribution in [0.2, 0.25) is 0 Å². The van der Waals surface area contributed by atoms with Gasteiger partial charge in [0.1, 0.15) is 5.69 Å². The van der Waals surface area contributed by atoms with Gasteiger partial charge < -0.3 is 15.0 Å². The predicted molar refractivity (Wildman–Crippen MR) is 175 cm³/mol. The summed E-state index contributed by atoms with van der Waals surface area (Å²) in [7, 11) is 1.80. The Bertz CT molecular complexity index is 1200. The Morgan fingerprint density at radius 3 is 1.83 bits per heavy atom. The van der Waals surface area contributed by atoms with E-state index in [0.717, 1.165) is 41.3 Å². The number of carboxylic acid groups (broad SMARTS) is 1. The lowest BCUT2D eigenvalue weighted by atomic mass is 9.96. The molecule has 0 aliphatic carbocycles. The summed E-state index contributed by atoms with van der Waals surface area (Å²) in [5.74, 6) is -0.988. The molecular formula is C37H54N2O3. The highest BCUT2D eigenvalue weighted by Crippen LogP contribution is 2.33. The number of aromatic carboxylic acids is 1. The van der Waals surface area contributed by atoms with Crippen LogP contribution in [0.5, 0.6) is 0 Å². The molecule has 5 heteroatoms. The molecule has 3 rings (SSSR count). The molecule has 0 aliphatic heterocycles. The molecule has 1 atom stereocenters. The van der Waals surface area contributed by atoms with E-state index < -0.39 is 5.97 Å². The van der Waals surface area contributed by atoms with E-state index in [1.165, 1.54) is 83.5 Å². The topological polar surface area (TPSA) is 71.3 Å². The van der Waals surface area contributed by atoms with Gasteiger partial charge in [0.05, 0.1) is 6.04 Å². The van der Waals surface area contributed by atoms with Crippen molar-refractivity contribution < 1.29 is 14.7 Å². The molecule has 5 nitrogen and oxygen atoms in total. The number of hydrogen-bond acceptors (Lipinski definition) is 2. The highest BCUT2D eigenvalue weighted by Gasteiger charge is 2.27. The highest BCUT2D eigenvalue weighted by molar-refractivity contribution is 5.99. The van der Waals surface area contributed by atoms with Crippen LogP contribution >= 0.6 is 0 Å². The molecule has 0 saturated heterocycles. The standard InChI is InChI=1S/C37H54N2O3/c1-3-4-5-6-7-8-9-10-11-12-13-14-15-16-20-26-32(38-34(40)29-28-30-23-18-17-19-24-30)35-31-25-21-22-27-33(31)39(2)36(35)37(41)42/h17-19,21-25,27,32H,3-16,20,26,28-29H2,1-2H3,(H,38,40)(H,41,42). The Balaban J connectivity index is 1.49. The maximum Gasteiger partial charge on any atom is 0.352 e. The minimum absolute atomic E-state index is 0.0333. The molecule has 3 aromatic rings. The monoisotopic (exact) mass is 574 g/mol. The lowest BCUT2D eigenvalue weighted by Crippen LogP contribution is -2.30. The van der Waals surface area contributed by atoms with Crippen LogP contribution in [0.25, 0.3) is 10.9 Å². The number of amides is 1. The van der Waals surface area contributed by atoms with E-state index >= 15 is 0 Å². The van der Waals surface area contributed by atoms with E-state index in [2.05, 4.69) is 12.2 Å². The SMILES string of the molecule is CCCCCCCCCCCCCCCCCC(NC(=O)CCc1ccccc1)c1c(C(=O)O)n(C)c2ccccc12. The van der Waals surface area contributed by atoms with Crippen LogP contribution in [0.3, 0.4) is 0 Å². The van der Waals surface area contributed by atoms with Gasteiger partial charge in [-0.25, -0.2) is 4.79 Å². The van der Waals surface area contributed by atoms with Crippen molar-refractivity contribution in [1.29, 1.82) is 0 Å². The van der Waals surface area contributed by atoms with Crippen LogP contribution < -0.4 is 5.32 Å². The maximum atomic E-state index is 13.1. The lowest BCUT2D eigenvalue weighted by molar-refractivity contribution is -0.121. The predicted octanol–water partition coefficient (Wildman–Crippen LogP) is 9.93. The van der Waals surface area contributed by atoms with Gasteiger partial charge in [0.25, 0.3) is 0 Å². The Morgan fingerprint density at radius 1 is 0.738 bits per heavy atom. The first-order valence-corrected chi connectivity index (χ1v) is 16.7. The van der Waals surface area contributed by atoms with Crippen molar-refractivity contribution in [2.24, 2.45) is 7.05 Å². The number of rotatable bonds is 22. The molecule has 0 aliphatic rings. The van der Waals surface area contributed by atoms with E-state index in [1.807, 2.05) is 54.6 Å². The molecule has 1 amide bonds. The second-order valence-corrected chi connectivity index (χ2v) is 12.0. The van der Waals surface area contributed by atoms with E-state index in [4.69, 9.17) is 0 Å². The average Bonchev–Trinajstić information content (AvgIpc) is 3.30. The number of aryl methyl sites for hydroxylation is 2. The van der Waals surface area contributed by atoms with Gasteiger partial charge in [-0.2, -0.15) is 0 Å². The first kappa shape index (κ1) is 33.4. The first-order valence-electron chi connectivity index (χ1n) is 16.7. The molecule has 42 heavy (non-hydrogen) atoms. The van der Waals surface area contributed by atoms with Crippen molar-refractivity contribution >= 4 is 22.8 Å². The molecule has 1 unspecified atom stereocenters. The zero-order valence-corrected chi connectivity index (χ0v) is 26.2. The number of nitrogens with zero attached hydrogens (tertiary/aromatic N) is 1. The summed E-state index contributed by atoms with van der Waals surface area (Å²) < 4.78 is 1.75. The van der Waals surface area contributed by atoms with Gasteiger partial charge in [-0.05, 0) is 24.5 Å². The quantitative estimate of drug-likeness (QED) is 0.117. The molecule has 0 saturated carbocycles. The number of carboxylic acids is 1. The summed E-state index contributed by atoms with van der Waals surface area (Å²) in [5, 5.41) is 14.3. The van der Waals surface area contributed by atoms with E-state index in [9.17, 15) is 14.7 Å². The number of hydrogen-bond donors (Lipinski definition) is 2. The molecule has 0 spiro atoms. The molecule has 230 valence electrons. The van der Waals surface area contributed by atoms with Crippen molar-refractivity contribution in [2.75, 3.05) is 0 Å². The zero-order valence-electron chi connectivity index (χ0n) is 26.2. The van der Waals surface area contributed by atoms with Crippen molar-refractivity contribution in [3.8, 4) is 0 Å². The van der Waals surface area contributed by atoms with Gasteiger partial charge in [-0.15, -0.1) is 0 Å². The number of aromatic nitrogens is 1. The number of unbranched alkanes of at least 4 members (excludes halogenated alkanes) is 14. The maximum absolute atomic E-state index is 13.1. The number of carbonyl (C=O) groups is 2. The number of fused-ring (bicyclic) bond motifs is 1. The fourth-order valence-corrected chi connectivity index (χ4v) is 6.21. The normalized spacial score (nSPS) is 12.0. The Morgan fingerprint density at radius 2 is 1.26 bits per heavy atom. The van der Waals surface area contributed by atoms with Crippen molar-refractivity contribution in [3.05, 3.63) is 71.4 Å². The second kappa shape index (κ2) is 19.2. The smallest absolute Gasteiger partial charge is 0.352 e. The highest BCUT2D eigenvalue weighted by atomic mass is 16.4. The Kier molecular flexibility index (Phi) is 15.3. The second-order valence-electron chi connectivity index (χ2n) is 12.0. The van der Waals surface area contributed by atoms with Crippen LogP contribution in [-0.2, 0) is 18.3 Å². The summed E-state index contributed by atoms with van der Waals surface area (Å²) in [6.07, 6.45) is 21.3. The average molecular weight is 575 g/mol. The number of para-hydroxylation sites is 1. The van der Waals surface area contributed by atoms with Gasteiger partial charge in [0.15, 0.2) is 0 Å². The van der Waals surface area contributed by atoms with Gasteiger partial charge in [-0.1, -0.05) is 152 Å². The molecule has 1 heterocycles. The third-order valence-corrected chi connectivity index (χ3v) is 8.61. The van der Waals surface area contributed by atoms with Crippen molar-refractivity contribution in [3.63, 3.8) is 0 Å². The fraction of sp³-hybridized carbons (Fsp3) is 0.568. The lowest BCUT2D eigenvalue weighted by Gasteiger charge is -2.20. The minimum atomic E-state index is -0.955. The van der Waals surface area contributed by atoms with Gasteiger partial charge in [0, 0.05) is 29.9 Å². The summed E-state index contributed by atoms with van der Waals surface area (Å²) in [5.41, 5.74) is 3.01. The van der Waals surface area contributed by atoms with Gasteiger partial charge >= 0.3 is 5.97 Å². The number of benzene rings is 2.